The highest BCUT2D eigenvalue weighted by Crippen LogP contribution is 2.22. The summed E-state index contributed by atoms with van der Waals surface area (Å²) < 4.78 is 2.04. The van der Waals surface area contributed by atoms with Gasteiger partial charge >= 0.3 is 0 Å². The van der Waals surface area contributed by atoms with Crippen molar-refractivity contribution in [1.29, 1.82) is 0 Å². The van der Waals surface area contributed by atoms with Crippen LogP contribution in [0.4, 0.5) is 0 Å². The molecule has 7 nitrogen and oxygen atoms in total. The van der Waals surface area contributed by atoms with Crippen LogP contribution in [-0.4, -0.2) is 55.2 Å². The Balaban J connectivity index is 1.58. The number of thiazole rings is 1. The van der Waals surface area contributed by atoms with Crippen LogP contribution >= 0.6 is 11.3 Å². The highest BCUT2D eigenvalue weighted by molar-refractivity contribution is 7.15. The lowest BCUT2D eigenvalue weighted by atomic mass is 10.1. The topological polar surface area (TPSA) is 66.6 Å². The Kier molecular flexibility index (Phi) is 4.94. The third-order valence-corrected chi connectivity index (χ3v) is 5.43. The summed E-state index contributed by atoms with van der Waals surface area (Å²) in [6.45, 7) is 2.96. The molecule has 1 aliphatic heterocycles. The predicted octanol–water partition coefficient (Wildman–Crippen LogP) is 2.44. The molecule has 0 aromatic carbocycles. The van der Waals surface area contributed by atoms with Crippen molar-refractivity contribution in [2.75, 3.05) is 20.1 Å². The molecule has 0 spiro atoms. The van der Waals surface area contributed by atoms with E-state index < -0.39 is 0 Å². The Hall–Kier alpha value is -2.32. The maximum absolute atomic E-state index is 13.0. The van der Waals surface area contributed by atoms with Crippen LogP contribution in [0.25, 0.3) is 4.96 Å². The van der Waals surface area contributed by atoms with E-state index in [2.05, 4.69) is 19.9 Å². The fraction of sp³-hybridized carbons (Fsp3) is 0.444. The van der Waals surface area contributed by atoms with Crippen LogP contribution in [0.15, 0.2) is 30.2 Å². The van der Waals surface area contributed by atoms with E-state index >= 15 is 0 Å². The van der Waals surface area contributed by atoms with Crippen molar-refractivity contribution in [3.63, 3.8) is 0 Å². The number of rotatable bonds is 5. The lowest BCUT2D eigenvalue weighted by Crippen LogP contribution is -2.36. The second-order valence-corrected chi connectivity index (χ2v) is 7.56. The van der Waals surface area contributed by atoms with E-state index in [9.17, 15) is 4.79 Å². The Morgan fingerprint density at radius 2 is 2.08 bits per heavy atom. The van der Waals surface area contributed by atoms with Gasteiger partial charge in [-0.25, -0.2) is 4.98 Å². The molecule has 0 saturated carbocycles. The second kappa shape index (κ2) is 7.51. The van der Waals surface area contributed by atoms with Gasteiger partial charge in [0.2, 0.25) is 0 Å². The number of piperidine rings is 1. The molecule has 1 saturated heterocycles. The van der Waals surface area contributed by atoms with Gasteiger partial charge in [0, 0.05) is 56.3 Å². The number of carbonyl (C=O) groups is 1. The average molecular weight is 370 g/mol. The van der Waals surface area contributed by atoms with Gasteiger partial charge in [-0.15, -0.1) is 11.3 Å². The van der Waals surface area contributed by atoms with Crippen molar-refractivity contribution in [2.45, 2.75) is 32.4 Å². The number of carbonyl (C=O) groups excluding carboxylic acids is 1. The maximum atomic E-state index is 13.0. The summed E-state index contributed by atoms with van der Waals surface area (Å²) >= 11 is 1.56. The second-order valence-electron chi connectivity index (χ2n) is 6.68. The normalized spacial score (nSPS) is 15.1. The average Bonchev–Trinajstić information content (AvgIpc) is 3.25. The Bertz CT molecular complexity index is 884. The van der Waals surface area contributed by atoms with E-state index in [1.54, 1.807) is 29.9 Å². The Morgan fingerprint density at radius 3 is 2.85 bits per heavy atom. The third-order valence-electron chi connectivity index (χ3n) is 4.68. The minimum atomic E-state index is 0.0588. The minimum Gasteiger partial charge on any atom is -0.337 e. The summed E-state index contributed by atoms with van der Waals surface area (Å²) in [7, 11) is 2.02. The SMILES string of the molecule is CN(Cc1cnccn1)Cc1c(C(=O)N2CCCCC2)nc2sccn12. The van der Waals surface area contributed by atoms with Crippen molar-refractivity contribution in [2.24, 2.45) is 0 Å². The molecule has 1 aliphatic rings. The van der Waals surface area contributed by atoms with Gasteiger partial charge in [-0.2, -0.15) is 0 Å². The summed E-state index contributed by atoms with van der Waals surface area (Å²) in [6, 6.07) is 0. The Labute approximate surface area is 156 Å². The quantitative estimate of drug-likeness (QED) is 0.690. The molecule has 0 unspecified atom stereocenters. The molecule has 1 amide bonds. The van der Waals surface area contributed by atoms with Gasteiger partial charge in [0.1, 0.15) is 0 Å². The van der Waals surface area contributed by atoms with Crippen LogP contribution in [0.3, 0.4) is 0 Å². The number of aromatic nitrogens is 4. The van der Waals surface area contributed by atoms with E-state index in [0.717, 1.165) is 42.3 Å². The standard InChI is InChI=1S/C18H22N6OS/c1-22(12-14-11-19-5-6-20-14)13-15-16(21-18-24(15)9-10-26-18)17(25)23-7-3-2-4-8-23/h5-6,9-11H,2-4,7-8,12-13H2,1H3. The molecule has 3 aromatic rings. The van der Waals surface area contributed by atoms with Crippen LogP contribution in [0.5, 0.6) is 0 Å². The molecule has 0 atom stereocenters. The number of imidazole rings is 1. The molecule has 1 fully saturated rings. The summed E-state index contributed by atoms with van der Waals surface area (Å²) in [5.41, 5.74) is 2.44. The van der Waals surface area contributed by atoms with Gasteiger partial charge in [-0.05, 0) is 26.3 Å². The first-order chi connectivity index (χ1) is 12.7. The molecule has 0 N–H and O–H groups in total. The molecular formula is C18H22N6OS. The van der Waals surface area contributed by atoms with Crippen LogP contribution in [0.2, 0.25) is 0 Å². The van der Waals surface area contributed by atoms with Crippen molar-refractivity contribution in [1.82, 2.24) is 29.2 Å². The third kappa shape index (κ3) is 3.47. The van der Waals surface area contributed by atoms with Crippen molar-refractivity contribution >= 4 is 22.2 Å². The first-order valence-electron chi connectivity index (χ1n) is 8.89. The largest absolute Gasteiger partial charge is 0.337 e. The van der Waals surface area contributed by atoms with E-state index in [-0.39, 0.29) is 5.91 Å². The molecular weight excluding hydrogens is 348 g/mol. The summed E-state index contributed by atoms with van der Waals surface area (Å²) in [4.78, 5) is 31.1. The van der Waals surface area contributed by atoms with Crippen molar-refractivity contribution < 1.29 is 4.79 Å². The van der Waals surface area contributed by atoms with Gasteiger partial charge in [0.25, 0.3) is 5.91 Å². The van der Waals surface area contributed by atoms with E-state index in [1.807, 2.05) is 27.9 Å². The highest BCUT2D eigenvalue weighted by atomic mass is 32.1. The number of amides is 1. The number of likely N-dealkylation sites (tertiary alicyclic amines) is 1. The predicted molar refractivity (Wildman–Crippen MR) is 100 cm³/mol. The highest BCUT2D eigenvalue weighted by Gasteiger charge is 2.26. The van der Waals surface area contributed by atoms with Gasteiger partial charge in [-0.1, -0.05) is 0 Å². The van der Waals surface area contributed by atoms with Crippen LogP contribution in [0.1, 0.15) is 41.1 Å². The minimum absolute atomic E-state index is 0.0588. The molecule has 136 valence electrons. The zero-order valence-electron chi connectivity index (χ0n) is 14.8. The molecule has 3 aromatic heterocycles. The fourth-order valence-electron chi connectivity index (χ4n) is 3.40. The van der Waals surface area contributed by atoms with E-state index in [4.69, 9.17) is 0 Å². The smallest absolute Gasteiger partial charge is 0.274 e. The summed E-state index contributed by atoms with van der Waals surface area (Å²) in [6.07, 6.45) is 10.5. The lowest BCUT2D eigenvalue weighted by Gasteiger charge is -2.26. The monoisotopic (exact) mass is 370 g/mol. The van der Waals surface area contributed by atoms with Crippen LogP contribution in [-0.2, 0) is 13.1 Å². The first-order valence-corrected chi connectivity index (χ1v) is 9.77. The van der Waals surface area contributed by atoms with Gasteiger partial charge in [0.05, 0.1) is 11.4 Å². The zero-order valence-corrected chi connectivity index (χ0v) is 15.7. The molecule has 0 radical (unpaired) electrons. The lowest BCUT2D eigenvalue weighted by molar-refractivity contribution is 0.0716. The molecule has 4 rings (SSSR count). The van der Waals surface area contributed by atoms with E-state index in [1.165, 1.54) is 6.42 Å². The maximum Gasteiger partial charge on any atom is 0.274 e. The molecule has 0 aliphatic carbocycles. The van der Waals surface area contributed by atoms with E-state index in [0.29, 0.717) is 18.8 Å². The molecule has 26 heavy (non-hydrogen) atoms. The summed E-state index contributed by atoms with van der Waals surface area (Å²) in [5, 5.41) is 2.00. The molecule has 8 heteroatoms. The van der Waals surface area contributed by atoms with Crippen molar-refractivity contribution in [3.05, 3.63) is 47.2 Å². The number of fused-ring (bicyclic) bond motifs is 1. The zero-order chi connectivity index (χ0) is 17.9. The van der Waals surface area contributed by atoms with Crippen LogP contribution < -0.4 is 0 Å². The summed E-state index contributed by atoms with van der Waals surface area (Å²) in [5.74, 6) is 0.0588. The van der Waals surface area contributed by atoms with Gasteiger partial charge in [-0.3, -0.25) is 24.1 Å². The van der Waals surface area contributed by atoms with Gasteiger partial charge < -0.3 is 4.90 Å². The number of hydrogen-bond donors (Lipinski definition) is 0. The van der Waals surface area contributed by atoms with Gasteiger partial charge in [0.15, 0.2) is 10.7 Å². The first kappa shape index (κ1) is 17.1. The molecule has 0 bridgehead atoms. The number of nitrogens with zero attached hydrogens (tertiary/aromatic N) is 6. The van der Waals surface area contributed by atoms with Crippen LogP contribution in [0, 0.1) is 0 Å². The molecule has 4 heterocycles. The van der Waals surface area contributed by atoms with Crippen molar-refractivity contribution in [3.8, 4) is 0 Å². The number of hydrogen-bond acceptors (Lipinski definition) is 6. The fourth-order valence-corrected chi connectivity index (χ4v) is 4.13. The Morgan fingerprint density at radius 1 is 1.23 bits per heavy atom.